The molecule has 98 valence electrons. The highest BCUT2D eigenvalue weighted by molar-refractivity contribution is 6.17. The topological polar surface area (TPSA) is 35.6 Å². The molecule has 0 bridgehead atoms. The number of aryl methyl sites for hydroxylation is 3. The number of fused-ring (bicyclic) bond motifs is 1. The Balaban J connectivity index is 2.29. The minimum absolute atomic E-state index is 0.551. The molecule has 0 spiro atoms. The van der Waals surface area contributed by atoms with Crippen molar-refractivity contribution in [2.45, 2.75) is 13.3 Å². The van der Waals surface area contributed by atoms with Gasteiger partial charge in [-0.25, -0.2) is 4.98 Å². The van der Waals surface area contributed by atoms with E-state index in [-0.39, 0.29) is 0 Å². The highest BCUT2D eigenvalue weighted by Gasteiger charge is 2.13. The van der Waals surface area contributed by atoms with Crippen molar-refractivity contribution < 1.29 is 0 Å². The Bertz CT molecular complexity index is 726. The second-order valence-electron chi connectivity index (χ2n) is 4.64. The number of rotatable bonds is 3. The van der Waals surface area contributed by atoms with Gasteiger partial charge in [-0.15, -0.1) is 11.6 Å². The monoisotopic (exact) mass is 274 g/mol. The first-order chi connectivity index (χ1) is 9.19. The molecule has 0 fully saturated rings. The van der Waals surface area contributed by atoms with Crippen molar-refractivity contribution in [3.05, 3.63) is 41.9 Å². The van der Waals surface area contributed by atoms with Gasteiger partial charge in [-0.05, 0) is 24.6 Å². The number of aromatic nitrogens is 4. The van der Waals surface area contributed by atoms with Crippen molar-refractivity contribution in [2.24, 2.45) is 7.05 Å². The summed E-state index contributed by atoms with van der Waals surface area (Å²) in [6.45, 7) is 2.08. The highest BCUT2D eigenvalue weighted by Crippen LogP contribution is 2.22. The summed E-state index contributed by atoms with van der Waals surface area (Å²) in [7, 11) is 1.91. The Morgan fingerprint density at radius 3 is 2.79 bits per heavy atom. The molecule has 0 saturated carbocycles. The molecule has 1 aromatic carbocycles. The number of halogens is 1. The molecule has 0 aliphatic rings. The van der Waals surface area contributed by atoms with Crippen LogP contribution in [-0.2, 0) is 13.5 Å². The highest BCUT2D eigenvalue weighted by atomic mass is 35.5. The summed E-state index contributed by atoms with van der Waals surface area (Å²) in [6, 6.07) is 8.24. The molecule has 0 atom stereocenters. The van der Waals surface area contributed by atoms with Gasteiger partial charge in [0.05, 0.1) is 11.0 Å². The Morgan fingerprint density at radius 2 is 2.11 bits per heavy atom. The fourth-order valence-electron chi connectivity index (χ4n) is 2.27. The molecule has 3 aromatic rings. The summed E-state index contributed by atoms with van der Waals surface area (Å²) in [5.41, 5.74) is 3.28. The van der Waals surface area contributed by atoms with E-state index < -0.39 is 0 Å². The maximum atomic E-state index is 5.88. The lowest BCUT2D eigenvalue weighted by molar-refractivity contribution is 0.746. The Morgan fingerprint density at radius 1 is 1.26 bits per heavy atom. The van der Waals surface area contributed by atoms with E-state index in [0.717, 1.165) is 29.1 Å². The van der Waals surface area contributed by atoms with E-state index in [0.29, 0.717) is 5.88 Å². The number of nitrogens with zero attached hydrogens (tertiary/aromatic N) is 4. The fourth-order valence-corrected chi connectivity index (χ4v) is 2.43. The minimum atomic E-state index is 0.551. The average Bonchev–Trinajstić information content (AvgIpc) is 2.93. The number of hydrogen-bond acceptors (Lipinski definition) is 2. The van der Waals surface area contributed by atoms with Gasteiger partial charge in [0.1, 0.15) is 5.82 Å². The SMILES string of the molecule is Cc1ccc2nc(CCCl)n(-c3ccn(C)n3)c2c1. The van der Waals surface area contributed by atoms with E-state index in [4.69, 9.17) is 11.6 Å². The van der Waals surface area contributed by atoms with E-state index in [1.54, 1.807) is 4.68 Å². The van der Waals surface area contributed by atoms with E-state index in [1.807, 2.05) is 25.4 Å². The van der Waals surface area contributed by atoms with Crippen LogP contribution in [0.15, 0.2) is 30.5 Å². The van der Waals surface area contributed by atoms with E-state index in [2.05, 4.69) is 33.7 Å². The summed E-state index contributed by atoms with van der Waals surface area (Å²) >= 11 is 5.88. The lowest BCUT2D eigenvalue weighted by Crippen LogP contribution is -2.03. The fraction of sp³-hybridized carbons (Fsp3) is 0.286. The smallest absolute Gasteiger partial charge is 0.160 e. The molecular formula is C14H15ClN4. The van der Waals surface area contributed by atoms with Crippen LogP contribution in [0.5, 0.6) is 0 Å². The van der Waals surface area contributed by atoms with Crippen LogP contribution < -0.4 is 0 Å². The van der Waals surface area contributed by atoms with Crippen LogP contribution in [0.3, 0.4) is 0 Å². The van der Waals surface area contributed by atoms with Gasteiger partial charge in [-0.1, -0.05) is 6.07 Å². The zero-order chi connectivity index (χ0) is 13.4. The Labute approximate surface area is 116 Å². The zero-order valence-electron chi connectivity index (χ0n) is 11.0. The molecular weight excluding hydrogens is 260 g/mol. The molecule has 0 N–H and O–H groups in total. The van der Waals surface area contributed by atoms with Crippen LogP contribution >= 0.6 is 11.6 Å². The summed E-state index contributed by atoms with van der Waals surface area (Å²) in [6.07, 6.45) is 2.66. The summed E-state index contributed by atoms with van der Waals surface area (Å²) < 4.78 is 3.88. The molecule has 0 saturated heterocycles. The molecule has 0 aliphatic heterocycles. The van der Waals surface area contributed by atoms with Crippen molar-refractivity contribution >= 4 is 22.6 Å². The molecule has 0 unspecified atom stereocenters. The zero-order valence-corrected chi connectivity index (χ0v) is 11.7. The van der Waals surface area contributed by atoms with Gasteiger partial charge in [0.2, 0.25) is 0 Å². The van der Waals surface area contributed by atoms with Gasteiger partial charge < -0.3 is 0 Å². The second-order valence-corrected chi connectivity index (χ2v) is 5.02. The quantitative estimate of drug-likeness (QED) is 0.689. The molecule has 4 nitrogen and oxygen atoms in total. The first-order valence-corrected chi connectivity index (χ1v) is 6.76. The average molecular weight is 275 g/mol. The van der Waals surface area contributed by atoms with Crippen LogP contribution in [0, 0.1) is 6.92 Å². The lowest BCUT2D eigenvalue weighted by atomic mass is 10.2. The van der Waals surface area contributed by atoms with Gasteiger partial charge in [0.15, 0.2) is 5.82 Å². The van der Waals surface area contributed by atoms with Crippen LogP contribution in [0.1, 0.15) is 11.4 Å². The van der Waals surface area contributed by atoms with E-state index in [9.17, 15) is 0 Å². The second kappa shape index (κ2) is 4.70. The molecule has 2 heterocycles. The first kappa shape index (κ1) is 12.2. The third-order valence-electron chi connectivity index (χ3n) is 3.13. The predicted octanol–water partition coefficient (Wildman–Crippen LogP) is 2.85. The number of benzene rings is 1. The maximum Gasteiger partial charge on any atom is 0.160 e. The van der Waals surface area contributed by atoms with Gasteiger partial charge >= 0.3 is 0 Å². The molecule has 2 aromatic heterocycles. The van der Waals surface area contributed by atoms with Crippen molar-refractivity contribution in [1.82, 2.24) is 19.3 Å². The molecule has 3 rings (SSSR count). The van der Waals surface area contributed by atoms with E-state index in [1.165, 1.54) is 5.56 Å². The van der Waals surface area contributed by atoms with Gasteiger partial charge in [-0.2, -0.15) is 5.10 Å². The number of hydrogen-bond donors (Lipinski definition) is 0. The third-order valence-corrected chi connectivity index (χ3v) is 3.32. The standard InChI is InChI=1S/C14H15ClN4/c1-10-3-4-11-12(9-10)19(13(16-11)5-7-15)14-6-8-18(2)17-14/h3-4,6,8-9H,5,7H2,1-2H3. The van der Waals surface area contributed by atoms with Crippen LogP contribution in [0.4, 0.5) is 0 Å². The van der Waals surface area contributed by atoms with Crippen LogP contribution in [0.25, 0.3) is 16.9 Å². The molecule has 5 heteroatoms. The summed E-state index contributed by atoms with van der Waals surface area (Å²) in [4.78, 5) is 4.66. The predicted molar refractivity (Wildman–Crippen MR) is 77.0 cm³/mol. The van der Waals surface area contributed by atoms with Crippen molar-refractivity contribution in [1.29, 1.82) is 0 Å². The van der Waals surface area contributed by atoms with Crippen LogP contribution in [-0.4, -0.2) is 25.2 Å². The van der Waals surface area contributed by atoms with Crippen molar-refractivity contribution in [3.63, 3.8) is 0 Å². The van der Waals surface area contributed by atoms with Crippen molar-refractivity contribution in [3.8, 4) is 5.82 Å². The van der Waals surface area contributed by atoms with Gasteiger partial charge in [0, 0.05) is 31.6 Å². The minimum Gasteiger partial charge on any atom is -0.279 e. The largest absolute Gasteiger partial charge is 0.279 e. The summed E-state index contributed by atoms with van der Waals surface area (Å²) in [5.74, 6) is 2.39. The summed E-state index contributed by atoms with van der Waals surface area (Å²) in [5, 5.41) is 4.47. The number of imidazole rings is 1. The molecule has 0 amide bonds. The Kier molecular flexibility index (Phi) is 3.03. The van der Waals surface area contributed by atoms with E-state index >= 15 is 0 Å². The van der Waals surface area contributed by atoms with Crippen molar-refractivity contribution in [2.75, 3.05) is 5.88 Å². The maximum absolute atomic E-state index is 5.88. The number of alkyl halides is 1. The molecule has 0 aliphatic carbocycles. The lowest BCUT2D eigenvalue weighted by Gasteiger charge is -2.05. The first-order valence-electron chi connectivity index (χ1n) is 6.23. The Hall–Kier alpha value is -1.81. The third kappa shape index (κ3) is 2.12. The van der Waals surface area contributed by atoms with Gasteiger partial charge in [0.25, 0.3) is 0 Å². The molecule has 19 heavy (non-hydrogen) atoms. The molecule has 0 radical (unpaired) electrons. The normalized spacial score (nSPS) is 11.3. The van der Waals surface area contributed by atoms with Crippen LogP contribution in [0.2, 0.25) is 0 Å². The van der Waals surface area contributed by atoms with Gasteiger partial charge in [-0.3, -0.25) is 9.25 Å².